The van der Waals surface area contributed by atoms with E-state index in [2.05, 4.69) is 10.0 Å². The molecule has 128 valence electrons. The van der Waals surface area contributed by atoms with Crippen molar-refractivity contribution in [1.29, 1.82) is 0 Å². The van der Waals surface area contributed by atoms with Gasteiger partial charge in [-0.1, -0.05) is 18.6 Å². The molecule has 0 radical (unpaired) electrons. The molecule has 1 fully saturated rings. The van der Waals surface area contributed by atoms with Gasteiger partial charge < -0.3 is 11.1 Å². The zero-order valence-electron chi connectivity index (χ0n) is 13.0. The highest BCUT2D eigenvalue weighted by Crippen LogP contribution is 2.24. The molecule has 1 aromatic rings. The van der Waals surface area contributed by atoms with Crippen LogP contribution in [0.4, 0.5) is 4.39 Å². The van der Waals surface area contributed by atoms with Crippen LogP contribution < -0.4 is 15.8 Å². The maximum atomic E-state index is 13.6. The van der Waals surface area contributed by atoms with Gasteiger partial charge in [-0.3, -0.25) is 4.79 Å². The van der Waals surface area contributed by atoms with E-state index in [4.69, 9.17) is 5.73 Å². The van der Waals surface area contributed by atoms with Crippen LogP contribution in [0.25, 0.3) is 0 Å². The van der Waals surface area contributed by atoms with Gasteiger partial charge in [0.15, 0.2) is 0 Å². The fourth-order valence-electron chi connectivity index (χ4n) is 2.83. The van der Waals surface area contributed by atoms with Crippen LogP contribution in [0.3, 0.4) is 0 Å². The molecule has 6 nitrogen and oxygen atoms in total. The van der Waals surface area contributed by atoms with Gasteiger partial charge in [0.2, 0.25) is 15.9 Å². The SMILES string of the molecule is CC(NS(=O)(=O)c1ccccc1F)C(=O)NC1CCCC1CN. The molecule has 23 heavy (non-hydrogen) atoms. The molecule has 8 heteroatoms. The first-order chi connectivity index (χ1) is 10.8. The Morgan fingerprint density at radius 3 is 2.74 bits per heavy atom. The normalized spacial score (nSPS) is 22.7. The molecule has 1 aromatic carbocycles. The van der Waals surface area contributed by atoms with Crippen LogP contribution in [0, 0.1) is 11.7 Å². The smallest absolute Gasteiger partial charge is 0.244 e. The molecule has 1 amide bonds. The molecular weight excluding hydrogens is 321 g/mol. The highest BCUT2D eigenvalue weighted by atomic mass is 32.2. The predicted molar refractivity (Wildman–Crippen MR) is 84.5 cm³/mol. The quantitative estimate of drug-likeness (QED) is 0.709. The van der Waals surface area contributed by atoms with E-state index >= 15 is 0 Å². The molecular formula is C15H22FN3O3S. The second kappa shape index (κ2) is 7.37. The van der Waals surface area contributed by atoms with Crippen molar-refractivity contribution < 1.29 is 17.6 Å². The van der Waals surface area contributed by atoms with Crippen LogP contribution in [-0.4, -0.2) is 33.0 Å². The Kier molecular flexibility index (Phi) is 5.72. The Morgan fingerprint density at radius 2 is 2.09 bits per heavy atom. The molecule has 0 heterocycles. The standard InChI is InChI=1S/C15H22FN3O3S/c1-10(15(20)18-13-7-4-5-11(13)9-17)19-23(21,22)14-8-3-2-6-12(14)16/h2-3,6,8,10-11,13,19H,4-5,7,9,17H2,1H3,(H,18,20). The largest absolute Gasteiger partial charge is 0.352 e. The number of hydrogen-bond acceptors (Lipinski definition) is 4. The van der Waals surface area contributed by atoms with Gasteiger partial charge in [0.05, 0.1) is 6.04 Å². The molecule has 0 bridgehead atoms. The van der Waals surface area contributed by atoms with Crippen molar-refractivity contribution >= 4 is 15.9 Å². The van der Waals surface area contributed by atoms with Crippen LogP contribution in [0.2, 0.25) is 0 Å². The molecule has 0 aromatic heterocycles. The zero-order valence-corrected chi connectivity index (χ0v) is 13.8. The number of sulfonamides is 1. The highest BCUT2D eigenvalue weighted by Gasteiger charge is 2.30. The summed E-state index contributed by atoms with van der Waals surface area (Å²) in [5.74, 6) is -1.07. The summed E-state index contributed by atoms with van der Waals surface area (Å²) >= 11 is 0. The van der Waals surface area contributed by atoms with E-state index in [9.17, 15) is 17.6 Å². The molecule has 3 atom stereocenters. The van der Waals surface area contributed by atoms with Gasteiger partial charge in [-0.2, -0.15) is 4.72 Å². The minimum atomic E-state index is -4.10. The van der Waals surface area contributed by atoms with Gasteiger partial charge in [0, 0.05) is 6.04 Å². The highest BCUT2D eigenvalue weighted by molar-refractivity contribution is 7.89. The molecule has 4 N–H and O–H groups in total. The molecule has 2 rings (SSSR count). The van der Waals surface area contributed by atoms with Crippen molar-refractivity contribution in [3.05, 3.63) is 30.1 Å². The Bertz CT molecular complexity index is 666. The molecule has 0 saturated heterocycles. The van der Waals surface area contributed by atoms with Crippen LogP contribution in [0.1, 0.15) is 26.2 Å². The summed E-state index contributed by atoms with van der Waals surface area (Å²) in [4.78, 5) is 11.7. The van der Waals surface area contributed by atoms with Crippen molar-refractivity contribution in [1.82, 2.24) is 10.0 Å². The third-order valence-corrected chi connectivity index (χ3v) is 5.71. The van der Waals surface area contributed by atoms with Crippen molar-refractivity contribution in [3.8, 4) is 0 Å². The number of nitrogens with two attached hydrogens (primary N) is 1. The lowest BCUT2D eigenvalue weighted by atomic mass is 10.0. The first-order valence-corrected chi connectivity index (χ1v) is 9.10. The van der Waals surface area contributed by atoms with Crippen molar-refractivity contribution in [2.24, 2.45) is 11.7 Å². The Morgan fingerprint density at radius 1 is 1.39 bits per heavy atom. The predicted octanol–water partition coefficient (Wildman–Crippen LogP) is 0.736. The van der Waals surface area contributed by atoms with Gasteiger partial charge in [0.1, 0.15) is 10.7 Å². The first kappa shape index (κ1) is 17.8. The Balaban J connectivity index is 2.02. The van der Waals surface area contributed by atoms with Crippen LogP contribution >= 0.6 is 0 Å². The van der Waals surface area contributed by atoms with Gasteiger partial charge in [0.25, 0.3) is 0 Å². The third kappa shape index (κ3) is 4.27. The number of carbonyl (C=O) groups excluding carboxylic acids is 1. The summed E-state index contributed by atoms with van der Waals surface area (Å²) in [6.07, 6.45) is 2.78. The molecule has 1 saturated carbocycles. The lowest BCUT2D eigenvalue weighted by molar-refractivity contribution is -0.123. The Hall–Kier alpha value is -1.51. The second-order valence-electron chi connectivity index (χ2n) is 5.82. The molecule has 1 aliphatic rings. The number of halogens is 1. The van der Waals surface area contributed by atoms with E-state index in [-0.39, 0.29) is 12.0 Å². The number of carbonyl (C=O) groups is 1. The van der Waals surface area contributed by atoms with E-state index < -0.39 is 32.7 Å². The maximum Gasteiger partial charge on any atom is 0.244 e. The second-order valence-corrected chi connectivity index (χ2v) is 7.50. The number of amides is 1. The minimum absolute atomic E-state index is 0.0343. The molecule has 0 aliphatic heterocycles. The van der Waals surface area contributed by atoms with Crippen LogP contribution in [0.5, 0.6) is 0 Å². The van der Waals surface area contributed by atoms with E-state index in [1.165, 1.54) is 19.1 Å². The fraction of sp³-hybridized carbons (Fsp3) is 0.533. The summed E-state index contributed by atoms with van der Waals surface area (Å²) in [6.45, 7) is 1.92. The number of rotatable bonds is 6. The Labute approximate surface area is 135 Å². The number of benzene rings is 1. The van der Waals surface area contributed by atoms with Gasteiger partial charge in [-0.05, 0) is 44.4 Å². The summed E-state index contributed by atoms with van der Waals surface area (Å²) in [6, 6.07) is 4.00. The van der Waals surface area contributed by atoms with Crippen molar-refractivity contribution in [2.75, 3.05) is 6.54 Å². The minimum Gasteiger partial charge on any atom is -0.352 e. The molecule has 3 unspecified atom stereocenters. The van der Waals surface area contributed by atoms with Gasteiger partial charge >= 0.3 is 0 Å². The van der Waals surface area contributed by atoms with Gasteiger partial charge in [-0.25, -0.2) is 12.8 Å². The van der Waals surface area contributed by atoms with Crippen LogP contribution in [0.15, 0.2) is 29.2 Å². The van der Waals surface area contributed by atoms with Gasteiger partial charge in [-0.15, -0.1) is 0 Å². The number of nitrogens with one attached hydrogen (secondary N) is 2. The zero-order chi connectivity index (χ0) is 17.0. The fourth-order valence-corrected chi connectivity index (χ4v) is 4.11. The van der Waals surface area contributed by atoms with Crippen molar-refractivity contribution in [2.45, 2.75) is 43.2 Å². The summed E-state index contributed by atoms with van der Waals surface area (Å²) in [7, 11) is -4.10. The first-order valence-electron chi connectivity index (χ1n) is 7.62. The van der Waals surface area contributed by atoms with Crippen molar-refractivity contribution in [3.63, 3.8) is 0 Å². The molecule has 0 spiro atoms. The van der Waals surface area contributed by atoms with E-state index in [0.29, 0.717) is 6.54 Å². The maximum absolute atomic E-state index is 13.6. The van der Waals surface area contributed by atoms with Crippen LogP contribution in [-0.2, 0) is 14.8 Å². The van der Waals surface area contributed by atoms with E-state index in [1.807, 2.05) is 0 Å². The number of hydrogen-bond donors (Lipinski definition) is 3. The average Bonchev–Trinajstić information content (AvgIpc) is 2.94. The van der Waals surface area contributed by atoms with E-state index in [0.717, 1.165) is 31.4 Å². The summed E-state index contributed by atoms with van der Waals surface area (Å²) < 4.78 is 40.2. The lowest BCUT2D eigenvalue weighted by Crippen LogP contribution is -2.49. The lowest BCUT2D eigenvalue weighted by Gasteiger charge is -2.22. The third-order valence-electron chi connectivity index (χ3n) is 4.14. The topological polar surface area (TPSA) is 101 Å². The van der Waals surface area contributed by atoms with E-state index in [1.54, 1.807) is 0 Å². The summed E-state index contributed by atoms with van der Waals surface area (Å²) in [5.41, 5.74) is 5.67. The molecule has 1 aliphatic carbocycles. The summed E-state index contributed by atoms with van der Waals surface area (Å²) in [5, 5.41) is 2.83. The monoisotopic (exact) mass is 343 g/mol. The average molecular weight is 343 g/mol.